The average molecular weight is 180 g/mol. The Bertz CT molecular complexity index is 280. The van der Waals surface area contributed by atoms with Gasteiger partial charge in [0.2, 0.25) is 0 Å². The zero-order valence-electron chi connectivity index (χ0n) is 8.46. The van der Waals surface area contributed by atoms with Crippen molar-refractivity contribution in [3.63, 3.8) is 0 Å². The fourth-order valence-electron chi connectivity index (χ4n) is 2.27. The first-order valence-corrected chi connectivity index (χ1v) is 4.92. The third kappa shape index (κ3) is 1.11. The van der Waals surface area contributed by atoms with Gasteiger partial charge in [-0.1, -0.05) is 19.4 Å². The maximum atomic E-state index is 11.4. The molecular formula is C11H16O2. The average Bonchev–Trinajstić information content (AvgIpc) is 2.29. The molecule has 72 valence electrons. The molecule has 0 N–H and O–H groups in total. The summed E-state index contributed by atoms with van der Waals surface area (Å²) in [4.78, 5) is 11.4. The van der Waals surface area contributed by atoms with Gasteiger partial charge in [-0.15, -0.1) is 0 Å². The van der Waals surface area contributed by atoms with Crippen LogP contribution >= 0.6 is 0 Å². The Balaban J connectivity index is 2.35. The molecule has 2 rings (SSSR count). The number of esters is 1. The lowest BCUT2D eigenvalue weighted by atomic mass is 9.69. The van der Waals surface area contributed by atoms with Gasteiger partial charge in [-0.3, -0.25) is 4.79 Å². The van der Waals surface area contributed by atoms with Crippen molar-refractivity contribution in [3.8, 4) is 0 Å². The Morgan fingerprint density at radius 3 is 3.00 bits per heavy atom. The predicted molar refractivity (Wildman–Crippen MR) is 50.1 cm³/mol. The number of carbonyl (C=O) groups excluding carboxylic acids is 1. The molecule has 0 aromatic heterocycles. The summed E-state index contributed by atoms with van der Waals surface area (Å²) in [5, 5.41) is 0. The monoisotopic (exact) mass is 180 g/mol. The first kappa shape index (κ1) is 8.79. The van der Waals surface area contributed by atoms with Gasteiger partial charge >= 0.3 is 5.97 Å². The van der Waals surface area contributed by atoms with E-state index >= 15 is 0 Å². The maximum Gasteiger partial charge on any atom is 0.309 e. The van der Waals surface area contributed by atoms with Gasteiger partial charge in [0.05, 0.1) is 5.92 Å². The van der Waals surface area contributed by atoms with E-state index in [1.807, 2.05) is 6.92 Å². The first-order chi connectivity index (χ1) is 6.04. The molecule has 1 unspecified atom stereocenters. The van der Waals surface area contributed by atoms with Gasteiger partial charge in [0, 0.05) is 5.41 Å². The lowest BCUT2D eigenvalue weighted by Crippen LogP contribution is -2.33. The van der Waals surface area contributed by atoms with Crippen LogP contribution in [0.1, 0.15) is 33.6 Å². The van der Waals surface area contributed by atoms with Gasteiger partial charge < -0.3 is 4.74 Å². The van der Waals surface area contributed by atoms with Gasteiger partial charge in [-0.05, 0) is 25.8 Å². The van der Waals surface area contributed by atoms with Crippen LogP contribution in [0.3, 0.4) is 0 Å². The molecule has 1 saturated heterocycles. The molecule has 0 radical (unpaired) electrons. The molecule has 1 heterocycles. The highest BCUT2D eigenvalue weighted by molar-refractivity contribution is 5.76. The largest absolute Gasteiger partial charge is 0.457 e. The van der Waals surface area contributed by atoms with E-state index in [1.54, 1.807) is 0 Å². The summed E-state index contributed by atoms with van der Waals surface area (Å²) in [5.41, 5.74) is 1.40. The molecule has 1 aliphatic heterocycles. The third-order valence-corrected chi connectivity index (χ3v) is 3.73. The van der Waals surface area contributed by atoms with Crippen molar-refractivity contribution in [1.82, 2.24) is 0 Å². The number of rotatable bonds is 0. The number of allylic oxidation sites excluding steroid dienone is 1. The van der Waals surface area contributed by atoms with Crippen LogP contribution in [0.25, 0.3) is 0 Å². The predicted octanol–water partition coefficient (Wildman–Crippen LogP) is 2.29. The quantitative estimate of drug-likeness (QED) is 0.422. The smallest absolute Gasteiger partial charge is 0.309 e. The Morgan fingerprint density at radius 2 is 2.31 bits per heavy atom. The van der Waals surface area contributed by atoms with E-state index < -0.39 is 0 Å². The van der Waals surface area contributed by atoms with E-state index in [9.17, 15) is 4.79 Å². The molecule has 2 nitrogen and oxygen atoms in total. The van der Waals surface area contributed by atoms with Crippen molar-refractivity contribution in [1.29, 1.82) is 0 Å². The van der Waals surface area contributed by atoms with Gasteiger partial charge in [0.15, 0.2) is 0 Å². The molecular weight excluding hydrogens is 164 g/mol. The molecule has 13 heavy (non-hydrogen) atoms. The maximum absolute atomic E-state index is 11.4. The lowest BCUT2D eigenvalue weighted by molar-refractivity contribution is -0.142. The van der Waals surface area contributed by atoms with Crippen LogP contribution in [-0.2, 0) is 9.53 Å². The fourth-order valence-corrected chi connectivity index (χ4v) is 2.27. The summed E-state index contributed by atoms with van der Waals surface area (Å²) >= 11 is 0. The van der Waals surface area contributed by atoms with E-state index in [0.29, 0.717) is 0 Å². The molecule has 0 aromatic carbocycles. The second-order valence-corrected chi connectivity index (χ2v) is 4.60. The summed E-state index contributed by atoms with van der Waals surface area (Å²) in [6.07, 6.45) is 4.33. The second-order valence-electron chi connectivity index (χ2n) is 4.60. The standard InChI is InChI=1S/C11H16O2/c1-7-4-5-11(3)8(2)10(12)13-9(11)6-7/h6,8-9H,4-5H2,1-3H3/t8-,9?,11+/m0/s1. The number of hydrogen-bond donors (Lipinski definition) is 0. The number of carbonyl (C=O) groups is 1. The zero-order chi connectivity index (χ0) is 9.64. The summed E-state index contributed by atoms with van der Waals surface area (Å²) in [7, 11) is 0. The van der Waals surface area contributed by atoms with Gasteiger partial charge in [-0.2, -0.15) is 0 Å². The topological polar surface area (TPSA) is 26.3 Å². The van der Waals surface area contributed by atoms with Gasteiger partial charge in [0.1, 0.15) is 6.10 Å². The van der Waals surface area contributed by atoms with E-state index in [0.717, 1.165) is 12.8 Å². The summed E-state index contributed by atoms with van der Waals surface area (Å²) in [6.45, 7) is 6.25. The SMILES string of the molecule is CC1=CC2OC(=O)[C@H](C)[C@@]2(C)CC1. The highest BCUT2D eigenvalue weighted by Crippen LogP contribution is 2.47. The van der Waals surface area contributed by atoms with Crippen molar-refractivity contribution in [2.45, 2.75) is 39.7 Å². The van der Waals surface area contributed by atoms with E-state index in [-0.39, 0.29) is 23.4 Å². The minimum absolute atomic E-state index is 0.0292. The van der Waals surface area contributed by atoms with Crippen molar-refractivity contribution in [2.75, 3.05) is 0 Å². The second kappa shape index (κ2) is 2.60. The van der Waals surface area contributed by atoms with Crippen molar-refractivity contribution in [2.24, 2.45) is 11.3 Å². The normalized spacial score (nSPS) is 43.9. The van der Waals surface area contributed by atoms with Crippen molar-refractivity contribution >= 4 is 5.97 Å². The van der Waals surface area contributed by atoms with Gasteiger partial charge in [0.25, 0.3) is 0 Å². The van der Waals surface area contributed by atoms with Crippen molar-refractivity contribution in [3.05, 3.63) is 11.6 Å². The summed E-state index contributed by atoms with van der Waals surface area (Å²) < 4.78 is 5.34. The molecule has 0 saturated carbocycles. The van der Waals surface area contributed by atoms with Crippen LogP contribution in [0.2, 0.25) is 0 Å². The summed E-state index contributed by atoms with van der Waals surface area (Å²) in [5.74, 6) is 0.0281. The Labute approximate surface area is 79.0 Å². The number of ether oxygens (including phenoxy) is 1. The minimum Gasteiger partial charge on any atom is -0.457 e. The first-order valence-electron chi connectivity index (χ1n) is 4.92. The lowest BCUT2D eigenvalue weighted by Gasteiger charge is -2.33. The van der Waals surface area contributed by atoms with Crippen LogP contribution in [0.15, 0.2) is 11.6 Å². The van der Waals surface area contributed by atoms with E-state index in [2.05, 4.69) is 19.9 Å². The van der Waals surface area contributed by atoms with E-state index in [1.165, 1.54) is 5.57 Å². The molecule has 2 aliphatic rings. The van der Waals surface area contributed by atoms with Gasteiger partial charge in [-0.25, -0.2) is 0 Å². The van der Waals surface area contributed by atoms with E-state index in [4.69, 9.17) is 4.74 Å². The number of hydrogen-bond acceptors (Lipinski definition) is 2. The van der Waals surface area contributed by atoms with Crippen LogP contribution in [-0.4, -0.2) is 12.1 Å². The Morgan fingerprint density at radius 1 is 1.62 bits per heavy atom. The minimum atomic E-state index is -0.0292. The third-order valence-electron chi connectivity index (χ3n) is 3.73. The molecule has 0 amide bonds. The zero-order valence-corrected chi connectivity index (χ0v) is 8.46. The van der Waals surface area contributed by atoms with Crippen LogP contribution < -0.4 is 0 Å². The van der Waals surface area contributed by atoms with Crippen LogP contribution in [0.5, 0.6) is 0 Å². The van der Waals surface area contributed by atoms with Crippen molar-refractivity contribution < 1.29 is 9.53 Å². The Kier molecular flexibility index (Phi) is 1.76. The molecule has 0 bridgehead atoms. The highest BCUT2D eigenvalue weighted by atomic mass is 16.6. The van der Waals surface area contributed by atoms with Crippen LogP contribution in [0, 0.1) is 11.3 Å². The molecule has 1 aliphatic carbocycles. The molecule has 2 heteroatoms. The fraction of sp³-hybridized carbons (Fsp3) is 0.727. The molecule has 0 aromatic rings. The number of fused-ring (bicyclic) bond motifs is 1. The molecule has 3 atom stereocenters. The van der Waals surface area contributed by atoms with Crippen LogP contribution in [0.4, 0.5) is 0 Å². The summed E-state index contributed by atoms with van der Waals surface area (Å²) in [6, 6.07) is 0. The highest BCUT2D eigenvalue weighted by Gasteiger charge is 2.51. The molecule has 0 spiro atoms. The Hall–Kier alpha value is -0.790. The molecule has 1 fully saturated rings.